The van der Waals surface area contributed by atoms with Gasteiger partial charge in [-0.1, -0.05) is 12.1 Å². The molecule has 21 heavy (non-hydrogen) atoms. The van der Waals surface area contributed by atoms with Crippen molar-refractivity contribution in [3.05, 3.63) is 45.2 Å². The number of nitrogens with zero attached hydrogens (tertiary/aromatic N) is 1. The highest BCUT2D eigenvalue weighted by Crippen LogP contribution is 2.24. The van der Waals surface area contributed by atoms with Crippen LogP contribution in [0.3, 0.4) is 0 Å². The third-order valence-electron chi connectivity index (χ3n) is 3.89. The number of carbonyl (C=O) groups is 1. The molecule has 0 aliphatic heterocycles. The molecule has 0 atom stereocenters. The number of aryl methyl sites for hydroxylation is 1. The van der Waals surface area contributed by atoms with Crippen molar-refractivity contribution in [1.82, 2.24) is 4.57 Å². The third kappa shape index (κ3) is 2.65. The number of hydrogen-bond acceptors (Lipinski definition) is 4. The molecule has 1 aliphatic carbocycles. The fourth-order valence-electron chi connectivity index (χ4n) is 2.82. The first-order valence-electron chi connectivity index (χ1n) is 7.13. The van der Waals surface area contributed by atoms with Gasteiger partial charge in [-0.3, -0.25) is 10.2 Å². The van der Waals surface area contributed by atoms with E-state index in [0.29, 0.717) is 16.1 Å². The lowest BCUT2D eigenvalue weighted by Crippen LogP contribution is -2.23. The lowest BCUT2D eigenvalue weighted by molar-refractivity contribution is 0.0966. The summed E-state index contributed by atoms with van der Waals surface area (Å²) in [4.78, 5) is 14.3. The second-order valence-corrected chi connectivity index (χ2v) is 6.28. The normalized spacial score (nSPS) is 13.8. The summed E-state index contributed by atoms with van der Waals surface area (Å²) in [7, 11) is 1.57. The van der Waals surface area contributed by atoms with Crippen LogP contribution in [0.15, 0.2) is 24.3 Å². The fourth-order valence-corrected chi connectivity index (χ4v) is 3.92. The standard InChI is InChI=1S/C16H18N2O2S/c1-20-14-8-4-2-6-11(14)13(19)10-18-12-7-3-5-9-15(12)21-16(18)17/h2,4,6,8,17H,3,5,7,9-10H2,1H3. The van der Waals surface area contributed by atoms with Crippen LogP contribution in [0, 0.1) is 5.41 Å². The van der Waals surface area contributed by atoms with Gasteiger partial charge in [-0.2, -0.15) is 0 Å². The highest BCUT2D eigenvalue weighted by Gasteiger charge is 2.20. The van der Waals surface area contributed by atoms with Crippen molar-refractivity contribution in [1.29, 1.82) is 5.41 Å². The Hall–Kier alpha value is -1.88. The number of aromatic nitrogens is 1. The van der Waals surface area contributed by atoms with Crippen LogP contribution < -0.4 is 9.54 Å². The van der Waals surface area contributed by atoms with E-state index in [1.54, 1.807) is 19.2 Å². The lowest BCUT2D eigenvalue weighted by atomic mass is 10.0. The van der Waals surface area contributed by atoms with Crippen LogP contribution in [0.5, 0.6) is 5.75 Å². The van der Waals surface area contributed by atoms with Gasteiger partial charge in [-0.15, -0.1) is 11.3 Å². The number of hydrogen-bond donors (Lipinski definition) is 1. The van der Waals surface area contributed by atoms with E-state index in [1.807, 2.05) is 16.7 Å². The van der Waals surface area contributed by atoms with Gasteiger partial charge in [-0.05, 0) is 37.8 Å². The van der Waals surface area contributed by atoms with Crippen molar-refractivity contribution in [3.63, 3.8) is 0 Å². The van der Waals surface area contributed by atoms with Crippen LogP contribution in [0.4, 0.5) is 0 Å². The summed E-state index contributed by atoms with van der Waals surface area (Å²) in [5.74, 6) is 0.593. The van der Waals surface area contributed by atoms with E-state index in [9.17, 15) is 4.79 Å². The highest BCUT2D eigenvalue weighted by molar-refractivity contribution is 7.09. The Kier molecular flexibility index (Phi) is 3.92. The molecule has 0 amide bonds. The zero-order valence-corrected chi connectivity index (χ0v) is 12.8. The largest absolute Gasteiger partial charge is 0.496 e. The molecule has 0 bridgehead atoms. The molecule has 0 fully saturated rings. The number of ketones is 1. The summed E-state index contributed by atoms with van der Waals surface area (Å²) in [5, 5.41) is 8.12. The molecule has 110 valence electrons. The van der Waals surface area contributed by atoms with Gasteiger partial charge in [0.1, 0.15) is 5.75 Å². The maximum absolute atomic E-state index is 12.6. The number of thiazole rings is 1. The number of benzene rings is 1. The molecular formula is C16H18N2O2S. The van der Waals surface area contributed by atoms with Gasteiger partial charge in [-0.25, -0.2) is 0 Å². The SMILES string of the molecule is COc1ccccc1C(=O)Cn1c2c(sc1=N)CCCC2. The number of fused-ring (bicyclic) bond motifs is 1. The van der Waals surface area contributed by atoms with Gasteiger partial charge in [0.05, 0.1) is 19.2 Å². The molecule has 5 heteroatoms. The van der Waals surface area contributed by atoms with E-state index in [-0.39, 0.29) is 12.3 Å². The van der Waals surface area contributed by atoms with Gasteiger partial charge in [0.2, 0.25) is 0 Å². The van der Waals surface area contributed by atoms with Gasteiger partial charge in [0.25, 0.3) is 0 Å². The average Bonchev–Trinajstić information content (AvgIpc) is 2.83. The predicted octanol–water partition coefficient (Wildman–Crippen LogP) is 2.80. The van der Waals surface area contributed by atoms with Gasteiger partial charge in [0.15, 0.2) is 10.6 Å². The Bertz CT molecular complexity index is 730. The molecule has 3 rings (SSSR count). The van der Waals surface area contributed by atoms with Crippen molar-refractivity contribution in [2.24, 2.45) is 0 Å². The highest BCUT2D eigenvalue weighted by atomic mass is 32.1. The Morgan fingerprint density at radius 1 is 1.33 bits per heavy atom. The number of carbonyl (C=O) groups excluding carboxylic acids is 1. The number of nitrogens with one attached hydrogen (secondary N) is 1. The lowest BCUT2D eigenvalue weighted by Gasteiger charge is -2.14. The maximum atomic E-state index is 12.6. The summed E-state index contributed by atoms with van der Waals surface area (Å²) < 4.78 is 7.12. The quantitative estimate of drug-likeness (QED) is 0.883. The van der Waals surface area contributed by atoms with Crippen molar-refractivity contribution in [2.45, 2.75) is 32.2 Å². The summed E-state index contributed by atoms with van der Waals surface area (Å²) in [6, 6.07) is 7.27. The van der Waals surface area contributed by atoms with Crippen molar-refractivity contribution in [3.8, 4) is 5.75 Å². The van der Waals surface area contributed by atoms with Gasteiger partial charge >= 0.3 is 0 Å². The fraction of sp³-hybridized carbons (Fsp3) is 0.375. The number of rotatable bonds is 4. The molecule has 1 aromatic heterocycles. The third-order valence-corrected chi connectivity index (χ3v) is 4.99. The second-order valence-electron chi connectivity index (χ2n) is 5.19. The topological polar surface area (TPSA) is 55.1 Å². The smallest absolute Gasteiger partial charge is 0.186 e. The molecular weight excluding hydrogens is 284 g/mol. The molecule has 1 N–H and O–H groups in total. The van der Waals surface area contributed by atoms with Crippen LogP contribution in [-0.2, 0) is 19.4 Å². The number of para-hydroxylation sites is 1. The Labute approximate surface area is 127 Å². The van der Waals surface area contributed by atoms with Gasteiger partial charge < -0.3 is 9.30 Å². The summed E-state index contributed by atoms with van der Waals surface area (Å²) in [6.07, 6.45) is 4.35. The van der Waals surface area contributed by atoms with E-state index in [4.69, 9.17) is 10.1 Å². The molecule has 1 aliphatic rings. The van der Waals surface area contributed by atoms with E-state index in [0.717, 1.165) is 19.3 Å². The monoisotopic (exact) mass is 302 g/mol. The van der Waals surface area contributed by atoms with Crippen LogP contribution >= 0.6 is 11.3 Å². The molecule has 0 unspecified atom stereocenters. The van der Waals surface area contributed by atoms with E-state index >= 15 is 0 Å². The van der Waals surface area contributed by atoms with E-state index in [1.165, 1.54) is 28.3 Å². The van der Waals surface area contributed by atoms with Crippen LogP contribution in [0.2, 0.25) is 0 Å². The van der Waals surface area contributed by atoms with Crippen LogP contribution in [0.25, 0.3) is 0 Å². The predicted molar refractivity (Wildman–Crippen MR) is 82.1 cm³/mol. The van der Waals surface area contributed by atoms with Crippen molar-refractivity contribution >= 4 is 17.1 Å². The Morgan fingerprint density at radius 2 is 2.10 bits per heavy atom. The van der Waals surface area contributed by atoms with Crippen molar-refractivity contribution in [2.75, 3.05) is 7.11 Å². The molecule has 1 aromatic carbocycles. The first kappa shape index (κ1) is 14.1. The van der Waals surface area contributed by atoms with Crippen LogP contribution in [0.1, 0.15) is 33.8 Å². The summed E-state index contributed by atoms with van der Waals surface area (Å²) >= 11 is 1.51. The van der Waals surface area contributed by atoms with Gasteiger partial charge in [0, 0.05) is 10.6 Å². The Balaban J connectivity index is 1.92. The minimum Gasteiger partial charge on any atom is -0.496 e. The molecule has 0 spiro atoms. The zero-order valence-electron chi connectivity index (χ0n) is 12.0. The molecule has 0 saturated heterocycles. The second kappa shape index (κ2) is 5.85. The zero-order chi connectivity index (χ0) is 14.8. The molecule has 1 heterocycles. The number of Topliss-reactive ketones (excluding diaryl/α,β-unsaturated/α-hetero) is 1. The molecule has 4 nitrogen and oxygen atoms in total. The number of ether oxygens (including phenoxy) is 1. The molecule has 2 aromatic rings. The summed E-state index contributed by atoms with van der Waals surface area (Å²) in [6.45, 7) is 0.227. The first-order valence-corrected chi connectivity index (χ1v) is 7.94. The Morgan fingerprint density at radius 3 is 2.90 bits per heavy atom. The average molecular weight is 302 g/mol. The molecule has 0 radical (unpaired) electrons. The van der Waals surface area contributed by atoms with Crippen LogP contribution in [-0.4, -0.2) is 17.5 Å². The maximum Gasteiger partial charge on any atom is 0.186 e. The van der Waals surface area contributed by atoms with E-state index < -0.39 is 0 Å². The van der Waals surface area contributed by atoms with E-state index in [2.05, 4.69) is 0 Å². The first-order chi connectivity index (χ1) is 10.2. The number of methoxy groups -OCH3 is 1. The minimum absolute atomic E-state index is 0.00266. The summed E-state index contributed by atoms with van der Waals surface area (Å²) in [5.41, 5.74) is 1.77. The minimum atomic E-state index is -0.00266. The van der Waals surface area contributed by atoms with Crippen molar-refractivity contribution < 1.29 is 9.53 Å². The molecule has 0 saturated carbocycles.